The molecule has 14 heterocycles. The smallest absolute Gasteiger partial charge is 0.415 e. The number of nitrogen functional groups attached to an aromatic ring is 1. The van der Waals surface area contributed by atoms with Gasteiger partial charge in [0.25, 0.3) is 0 Å². The second kappa shape index (κ2) is 40.0. The first kappa shape index (κ1) is 90.9. The third-order valence-electron chi connectivity index (χ3n) is 17.1. The highest BCUT2D eigenvalue weighted by Gasteiger charge is 2.35. The van der Waals surface area contributed by atoms with Crippen LogP contribution in [-0.2, 0) is 83.6 Å². The molecular weight excluding hydrogens is 1580 g/mol. The number of hydrogen-bond acceptors (Lipinski definition) is 28. The number of carbonyl (C=O) groups excluding carboxylic acids is 8. The number of hydrogen-bond donors (Lipinski definition) is 4. The molecule has 5 N–H and O–H groups in total. The molecule has 0 radical (unpaired) electrons. The largest absolute Gasteiger partial charge is 0.476 e. The predicted molar refractivity (Wildman–Crippen MR) is 435 cm³/mol. The van der Waals surface area contributed by atoms with Crippen molar-refractivity contribution < 1.29 is 96.1 Å². The molecule has 5 aliphatic heterocycles. The zero-order chi connectivity index (χ0) is 88.3. The van der Waals surface area contributed by atoms with E-state index in [4.69, 9.17) is 39.6 Å². The Balaban J connectivity index is 0.000000163. The third kappa shape index (κ3) is 26.0. The highest BCUT2D eigenvalue weighted by atomic mass is 16.6. The van der Waals surface area contributed by atoms with Gasteiger partial charge in [0, 0.05) is 126 Å². The molecule has 0 spiro atoms. The first-order valence-electron chi connectivity index (χ1n) is 38.6. The Morgan fingerprint density at radius 2 is 0.769 bits per heavy atom. The van der Waals surface area contributed by atoms with Crippen LogP contribution in [0.15, 0.2) is 110 Å². The summed E-state index contributed by atoms with van der Waals surface area (Å²) >= 11 is 0. The number of fused-ring (bicyclic) bond motifs is 7. The molecule has 15 rings (SSSR count). The molecule has 9 aromatic heterocycles. The van der Waals surface area contributed by atoms with Gasteiger partial charge in [-0.15, -0.1) is 0 Å². The number of anilines is 6. The van der Waals surface area contributed by atoms with Crippen molar-refractivity contribution in [1.29, 1.82) is 0 Å². The van der Waals surface area contributed by atoms with E-state index in [0.29, 0.717) is 104 Å². The molecule has 0 saturated carbocycles. The number of carbonyl (C=O) groups is 10. The summed E-state index contributed by atoms with van der Waals surface area (Å²) in [6.07, 6.45) is 10.7. The molecule has 5 amide bonds. The summed E-state index contributed by atoms with van der Waals surface area (Å²) in [6, 6.07) is 23.9. The van der Waals surface area contributed by atoms with Gasteiger partial charge in [0.15, 0.2) is 45.6 Å². The number of carboxylic acids is 2. The fraction of sp³-hybridized carbons (Fsp3) is 0.456. The van der Waals surface area contributed by atoms with Gasteiger partial charge in [0.05, 0.1) is 21.3 Å². The van der Waals surface area contributed by atoms with E-state index in [1.165, 1.54) is 68.3 Å². The number of benzene rings is 1. The molecule has 0 fully saturated rings. The molecule has 0 saturated heterocycles. The van der Waals surface area contributed by atoms with Crippen LogP contribution in [0.5, 0.6) is 0 Å². The van der Waals surface area contributed by atoms with Crippen LogP contribution < -0.4 is 30.7 Å². The molecule has 0 unspecified atom stereocenters. The van der Waals surface area contributed by atoms with Crippen molar-refractivity contribution in [3.05, 3.63) is 149 Å². The molecule has 5 aliphatic rings. The quantitative estimate of drug-likeness (QED) is 0.0811. The number of methoxy groups -OCH3 is 3. The number of aryl methyl sites for hydroxylation is 6. The highest BCUT2D eigenvalue weighted by molar-refractivity contribution is 5.94. The fourth-order valence-corrected chi connectivity index (χ4v) is 12.0. The fourth-order valence-electron chi connectivity index (χ4n) is 12.0. The Morgan fingerprint density at radius 1 is 0.405 bits per heavy atom. The Labute approximate surface area is 695 Å². The van der Waals surface area contributed by atoms with Crippen LogP contribution in [0.1, 0.15) is 185 Å². The maximum absolute atomic E-state index is 12.4. The normalized spacial score (nSPS) is 13.8. The summed E-state index contributed by atoms with van der Waals surface area (Å²) in [6.45, 7) is 27.8. The third-order valence-corrected chi connectivity index (χ3v) is 17.1. The Kier molecular flexibility index (Phi) is 30.0. The number of aromatic carboxylic acids is 2. The van der Waals surface area contributed by atoms with E-state index in [0.717, 1.165) is 56.5 Å². The first-order valence-corrected chi connectivity index (χ1v) is 38.6. The number of esters is 3. The molecule has 0 atom stereocenters. The van der Waals surface area contributed by atoms with Crippen molar-refractivity contribution in [1.82, 2.24) is 78.1 Å². The Hall–Kier alpha value is -14.0. The van der Waals surface area contributed by atoms with Crippen LogP contribution in [0.25, 0.3) is 11.3 Å². The lowest BCUT2D eigenvalue weighted by atomic mass is 10.1. The number of nitrogens with one attached hydrogen (secondary N) is 1. The minimum Gasteiger partial charge on any atom is -0.476 e. The molecule has 121 heavy (non-hydrogen) atoms. The van der Waals surface area contributed by atoms with Gasteiger partial charge in [-0.3, -0.25) is 29.6 Å². The lowest BCUT2D eigenvalue weighted by Gasteiger charge is -2.30. The van der Waals surface area contributed by atoms with E-state index in [-0.39, 0.29) is 41.4 Å². The number of amides is 5. The molecule has 42 heteroatoms. The number of carboxylic acid groups (broad SMARTS) is 2. The first-order chi connectivity index (χ1) is 57.2. The Bertz CT molecular complexity index is 5210. The number of ether oxygens (including phenoxy) is 8. The number of nitrogens with zero attached hydrogens (tertiary/aromatic N) is 20. The van der Waals surface area contributed by atoms with Crippen molar-refractivity contribution >= 4 is 107 Å². The van der Waals surface area contributed by atoms with E-state index >= 15 is 0 Å². The topological polar surface area (TPSA) is 485 Å². The molecule has 648 valence electrons. The lowest BCUT2D eigenvalue weighted by molar-refractivity contribution is 0.0561. The van der Waals surface area contributed by atoms with Crippen LogP contribution in [0.3, 0.4) is 0 Å². The van der Waals surface area contributed by atoms with Gasteiger partial charge in [-0.05, 0) is 152 Å². The molecule has 10 aromatic rings. The van der Waals surface area contributed by atoms with Crippen LogP contribution >= 0.6 is 0 Å². The summed E-state index contributed by atoms with van der Waals surface area (Å²) in [5.74, 6) is -0.371. The molecule has 42 nitrogen and oxygen atoms in total. The number of nitrogens with two attached hydrogens (primary N) is 1. The van der Waals surface area contributed by atoms with Crippen LogP contribution in [0.4, 0.5) is 58.9 Å². The second-order valence-electron chi connectivity index (χ2n) is 31.3. The minimum absolute atomic E-state index is 0.00806. The van der Waals surface area contributed by atoms with Crippen molar-refractivity contribution in [2.45, 2.75) is 190 Å². The standard InChI is InChI=1S/C19H24N4O4.C13H19N3O4.C12H17N3O4.C11H18N4O2.C9H12N2O2.C8H7N3O2.C7H5N3O2/c1-19(2,3)27-18(25)22-10-7-11-23-16(22)12-15(21-23)20-17(24)26-13-14-8-5-4-6-9-14;1-13(2,3)20-12(18)15-6-5-7-16-10(15)8-9(14-16)11(17)19-4;1-12(2,3)19-11(18)14-5-4-6-15-9(14)7-8(13-15)10(16)17;1-11(2,3)17-10(16)14-5-4-6-15-9(14)7-8(12)13-15;1-13-9(12)8-6-7-4-2-3-5-11(7)10-8;1-13-8(12)6-5-7-9-3-2-4-11(7)10-6;11-7(12)5-4-6-8-2-1-3-10(6)9-5/h4-6,8-9,12H,7,10-11,13H2,1-3H3,(H,20,21,24);8H,5-7H2,1-4H3;7H,4-6H2,1-3H3,(H,16,17);7H,4-6H2,1-3H3,(H2,12,13);6H,2-5H2,1H3;2-5H,1H3;1-4H,(H,11,12). The molecule has 1 aromatic carbocycles. The minimum atomic E-state index is -1.11. The van der Waals surface area contributed by atoms with Crippen molar-refractivity contribution in [2.75, 3.05) is 78.2 Å². The lowest BCUT2D eigenvalue weighted by Crippen LogP contribution is -2.41. The maximum Gasteiger partial charge on any atom is 0.415 e. The summed E-state index contributed by atoms with van der Waals surface area (Å²) in [5, 5.41) is 48.6. The van der Waals surface area contributed by atoms with Gasteiger partial charge >= 0.3 is 60.3 Å². The summed E-state index contributed by atoms with van der Waals surface area (Å²) in [5.41, 5.74) is 7.44. The van der Waals surface area contributed by atoms with Gasteiger partial charge in [0.1, 0.15) is 58.1 Å². The van der Waals surface area contributed by atoms with Gasteiger partial charge in [-0.25, -0.2) is 85.7 Å². The van der Waals surface area contributed by atoms with Crippen molar-refractivity contribution in [2.24, 2.45) is 0 Å². The Morgan fingerprint density at radius 3 is 1.20 bits per heavy atom. The van der Waals surface area contributed by atoms with E-state index < -0.39 is 70.7 Å². The molecule has 0 bridgehead atoms. The zero-order valence-electron chi connectivity index (χ0n) is 70.2. The molecular formula is C79H102N22O20. The van der Waals surface area contributed by atoms with E-state index in [2.05, 4.69) is 65.2 Å². The van der Waals surface area contributed by atoms with Crippen molar-refractivity contribution in [3.8, 4) is 0 Å². The second-order valence-corrected chi connectivity index (χ2v) is 31.3. The highest BCUT2D eigenvalue weighted by Crippen LogP contribution is 2.30. The van der Waals surface area contributed by atoms with Gasteiger partial charge in [-0.2, -0.15) is 35.7 Å². The summed E-state index contributed by atoms with van der Waals surface area (Å²) in [7, 11) is 3.99. The maximum atomic E-state index is 12.4. The number of aromatic nitrogens is 16. The van der Waals surface area contributed by atoms with E-state index in [9.17, 15) is 47.9 Å². The SMILES string of the molecule is CC(C)(C)OC(=O)N1CCCn2nc(C(=O)O)cc21.CC(C)(C)OC(=O)N1CCCn2nc(N)cc21.CC(C)(C)OC(=O)N1CCCn2nc(NC(=O)OCc3ccccc3)cc21.COC(=O)c1cc2n(n1)CCCC2.COC(=O)c1cc2n(n1)CCCN2C(=O)OC(C)(C)C.COC(=O)c1cc2ncccn2n1.O=C(O)c1cc2ncccn2n1. The van der Waals surface area contributed by atoms with Gasteiger partial charge < -0.3 is 53.8 Å². The number of rotatable bonds is 8. The van der Waals surface area contributed by atoms with Crippen LogP contribution in [-0.4, -0.2) is 219 Å². The van der Waals surface area contributed by atoms with Crippen LogP contribution in [0, 0.1) is 0 Å². The summed E-state index contributed by atoms with van der Waals surface area (Å²) in [4.78, 5) is 130. The average molecular weight is 1680 g/mol. The summed E-state index contributed by atoms with van der Waals surface area (Å²) < 4.78 is 51.8. The average Bonchev–Trinajstić information content (AvgIpc) is 1.79. The molecule has 0 aliphatic carbocycles. The zero-order valence-corrected chi connectivity index (χ0v) is 70.2. The van der Waals surface area contributed by atoms with Gasteiger partial charge in [0.2, 0.25) is 0 Å². The monoisotopic (exact) mass is 1680 g/mol. The van der Waals surface area contributed by atoms with Crippen molar-refractivity contribution in [3.63, 3.8) is 0 Å². The van der Waals surface area contributed by atoms with Gasteiger partial charge in [-0.1, -0.05) is 30.3 Å². The predicted octanol–water partition coefficient (Wildman–Crippen LogP) is 10.9. The van der Waals surface area contributed by atoms with E-state index in [1.807, 2.05) is 103 Å². The van der Waals surface area contributed by atoms with E-state index in [1.54, 1.807) is 101 Å². The van der Waals surface area contributed by atoms with Crippen LogP contribution in [0.2, 0.25) is 0 Å².